The summed E-state index contributed by atoms with van der Waals surface area (Å²) in [7, 11) is 0. The Morgan fingerprint density at radius 3 is 2.79 bits per heavy atom. The molecule has 0 spiro atoms. The van der Waals surface area contributed by atoms with Crippen LogP contribution in [-0.2, 0) is 4.79 Å². The Labute approximate surface area is 85.3 Å². The van der Waals surface area contributed by atoms with Crippen molar-refractivity contribution < 1.29 is 14.3 Å². The summed E-state index contributed by atoms with van der Waals surface area (Å²) >= 11 is 5.58. The van der Waals surface area contributed by atoms with Crippen molar-refractivity contribution in [2.24, 2.45) is 5.92 Å². The van der Waals surface area contributed by atoms with Gasteiger partial charge in [0.05, 0.1) is 5.92 Å². The molecule has 2 atom stereocenters. The third kappa shape index (κ3) is 1.60. The molecule has 0 aliphatic heterocycles. The molecule has 2 rings (SSSR count). The molecule has 0 heterocycles. The zero-order valence-corrected chi connectivity index (χ0v) is 7.96. The topological polar surface area (TPSA) is 37.3 Å². The number of halogens is 2. The molecule has 0 saturated heterocycles. The van der Waals surface area contributed by atoms with Crippen LogP contribution in [0.15, 0.2) is 18.2 Å². The van der Waals surface area contributed by atoms with Crippen LogP contribution >= 0.6 is 11.6 Å². The van der Waals surface area contributed by atoms with Crippen molar-refractivity contribution in [1.29, 1.82) is 0 Å². The Morgan fingerprint density at radius 1 is 1.57 bits per heavy atom. The molecule has 1 N–H and O–H groups in total. The van der Waals surface area contributed by atoms with Gasteiger partial charge in [0, 0.05) is 10.9 Å². The van der Waals surface area contributed by atoms with Gasteiger partial charge in [0.25, 0.3) is 0 Å². The third-order valence-corrected chi connectivity index (χ3v) is 2.70. The van der Waals surface area contributed by atoms with E-state index in [1.54, 1.807) is 12.1 Å². The van der Waals surface area contributed by atoms with Gasteiger partial charge in [0.15, 0.2) is 0 Å². The highest BCUT2D eigenvalue weighted by molar-refractivity contribution is 6.30. The van der Waals surface area contributed by atoms with Crippen molar-refractivity contribution in [1.82, 2.24) is 0 Å². The zero-order chi connectivity index (χ0) is 10.3. The van der Waals surface area contributed by atoms with Gasteiger partial charge in [-0.2, -0.15) is 0 Å². The van der Waals surface area contributed by atoms with E-state index in [1.807, 2.05) is 0 Å². The minimum Gasteiger partial charge on any atom is -0.481 e. The van der Waals surface area contributed by atoms with Crippen molar-refractivity contribution in [2.45, 2.75) is 12.3 Å². The molecule has 1 aliphatic rings. The quantitative estimate of drug-likeness (QED) is 0.822. The number of benzene rings is 1. The summed E-state index contributed by atoms with van der Waals surface area (Å²) in [4.78, 5) is 10.6. The highest BCUT2D eigenvalue weighted by atomic mass is 35.5. The van der Waals surface area contributed by atoms with Crippen LogP contribution in [0.1, 0.15) is 17.9 Å². The summed E-state index contributed by atoms with van der Waals surface area (Å²) in [6.07, 6.45) is 0.522. The molecular formula is C10H8ClFO2. The number of carboxylic acids is 1. The second-order valence-electron chi connectivity index (χ2n) is 3.45. The van der Waals surface area contributed by atoms with E-state index >= 15 is 0 Å². The van der Waals surface area contributed by atoms with Crippen molar-refractivity contribution in [3.05, 3.63) is 34.6 Å². The van der Waals surface area contributed by atoms with E-state index in [-0.39, 0.29) is 5.92 Å². The Bertz CT molecular complexity index is 392. The minimum atomic E-state index is -0.857. The summed E-state index contributed by atoms with van der Waals surface area (Å²) in [6, 6.07) is 4.36. The van der Waals surface area contributed by atoms with Crippen molar-refractivity contribution in [2.75, 3.05) is 0 Å². The minimum absolute atomic E-state index is 0.176. The lowest BCUT2D eigenvalue weighted by Gasteiger charge is -2.00. The summed E-state index contributed by atoms with van der Waals surface area (Å²) in [6.45, 7) is 0. The zero-order valence-electron chi connectivity index (χ0n) is 7.21. The van der Waals surface area contributed by atoms with Gasteiger partial charge in [0.1, 0.15) is 5.82 Å². The largest absolute Gasteiger partial charge is 0.481 e. The molecule has 0 bridgehead atoms. The first-order chi connectivity index (χ1) is 6.59. The highest BCUT2D eigenvalue weighted by Crippen LogP contribution is 2.48. The van der Waals surface area contributed by atoms with Gasteiger partial charge < -0.3 is 5.11 Å². The molecule has 1 aromatic rings. The van der Waals surface area contributed by atoms with E-state index in [0.717, 1.165) is 0 Å². The molecule has 0 unspecified atom stereocenters. The molecule has 1 fully saturated rings. The normalized spacial score (nSPS) is 24.7. The number of carboxylic acid groups (broad SMARTS) is 1. The van der Waals surface area contributed by atoms with Crippen LogP contribution in [0.3, 0.4) is 0 Å². The van der Waals surface area contributed by atoms with Crippen LogP contribution in [0, 0.1) is 11.7 Å². The van der Waals surface area contributed by atoms with Gasteiger partial charge >= 0.3 is 5.97 Å². The van der Waals surface area contributed by atoms with Crippen LogP contribution in [-0.4, -0.2) is 11.1 Å². The van der Waals surface area contributed by atoms with Crippen molar-refractivity contribution >= 4 is 17.6 Å². The Morgan fingerprint density at radius 2 is 2.29 bits per heavy atom. The maximum Gasteiger partial charge on any atom is 0.307 e. The van der Waals surface area contributed by atoms with Crippen molar-refractivity contribution in [3.63, 3.8) is 0 Å². The van der Waals surface area contributed by atoms with E-state index in [0.29, 0.717) is 17.0 Å². The van der Waals surface area contributed by atoms with E-state index in [2.05, 4.69) is 0 Å². The molecule has 4 heteroatoms. The Balaban J connectivity index is 2.23. The fourth-order valence-corrected chi connectivity index (χ4v) is 1.77. The van der Waals surface area contributed by atoms with E-state index in [9.17, 15) is 9.18 Å². The molecule has 74 valence electrons. The maximum atomic E-state index is 13.3. The number of aliphatic carboxylic acids is 1. The number of hydrogen-bond donors (Lipinski definition) is 1. The van der Waals surface area contributed by atoms with E-state index < -0.39 is 17.7 Å². The predicted molar refractivity (Wildman–Crippen MR) is 49.9 cm³/mol. The SMILES string of the molecule is O=C(O)[C@@H]1C[C@@H]1c1ccc(Cl)cc1F. The van der Waals surface area contributed by atoms with Crippen LogP contribution in [0.5, 0.6) is 0 Å². The number of carbonyl (C=O) groups is 1. The second kappa shape index (κ2) is 3.24. The monoisotopic (exact) mass is 214 g/mol. The molecular weight excluding hydrogens is 207 g/mol. The first-order valence-electron chi connectivity index (χ1n) is 4.27. The summed E-state index contributed by atoms with van der Waals surface area (Å²) in [5.41, 5.74) is 0.460. The molecule has 2 nitrogen and oxygen atoms in total. The fourth-order valence-electron chi connectivity index (χ4n) is 1.61. The first kappa shape index (κ1) is 9.46. The van der Waals surface area contributed by atoms with Crippen LogP contribution in [0.2, 0.25) is 5.02 Å². The third-order valence-electron chi connectivity index (χ3n) is 2.47. The van der Waals surface area contributed by atoms with Gasteiger partial charge in [-0.15, -0.1) is 0 Å². The Hall–Kier alpha value is -1.09. The number of rotatable bonds is 2. The molecule has 0 radical (unpaired) electrons. The lowest BCUT2D eigenvalue weighted by molar-refractivity contribution is -0.138. The van der Waals surface area contributed by atoms with Crippen LogP contribution in [0.4, 0.5) is 4.39 Å². The number of hydrogen-bond acceptors (Lipinski definition) is 1. The summed E-state index contributed by atoms with van der Waals surface area (Å²) in [5, 5.41) is 9.01. The highest BCUT2D eigenvalue weighted by Gasteiger charge is 2.45. The van der Waals surface area contributed by atoms with Gasteiger partial charge in [-0.05, 0) is 24.1 Å². The molecule has 1 aliphatic carbocycles. The lowest BCUT2D eigenvalue weighted by atomic mass is 10.1. The molecule has 1 saturated carbocycles. The van der Waals surface area contributed by atoms with Gasteiger partial charge in [-0.25, -0.2) is 4.39 Å². The standard InChI is InChI=1S/C10H8ClFO2/c11-5-1-2-6(9(12)3-5)7-4-8(7)10(13)14/h1-3,7-8H,4H2,(H,13,14)/t7-,8-/m1/s1. The fraction of sp³-hybridized carbons (Fsp3) is 0.300. The molecule has 0 aromatic heterocycles. The summed E-state index contributed by atoms with van der Waals surface area (Å²) < 4.78 is 13.3. The van der Waals surface area contributed by atoms with E-state index in [1.165, 1.54) is 6.07 Å². The van der Waals surface area contributed by atoms with E-state index in [4.69, 9.17) is 16.7 Å². The Kier molecular flexibility index (Phi) is 2.19. The van der Waals surface area contributed by atoms with Crippen LogP contribution < -0.4 is 0 Å². The first-order valence-corrected chi connectivity index (χ1v) is 4.65. The molecule has 14 heavy (non-hydrogen) atoms. The average Bonchev–Trinajstić information content (AvgIpc) is 2.83. The van der Waals surface area contributed by atoms with Crippen molar-refractivity contribution in [3.8, 4) is 0 Å². The summed E-state index contributed by atoms with van der Waals surface area (Å²) in [5.74, 6) is -1.87. The lowest BCUT2D eigenvalue weighted by Crippen LogP contribution is -1.99. The predicted octanol–water partition coefficient (Wildman–Crippen LogP) is 2.67. The average molecular weight is 215 g/mol. The smallest absolute Gasteiger partial charge is 0.307 e. The second-order valence-corrected chi connectivity index (χ2v) is 3.89. The van der Waals surface area contributed by atoms with Gasteiger partial charge in [0.2, 0.25) is 0 Å². The van der Waals surface area contributed by atoms with Gasteiger partial charge in [-0.1, -0.05) is 17.7 Å². The van der Waals surface area contributed by atoms with Crippen LogP contribution in [0.25, 0.3) is 0 Å². The molecule has 0 amide bonds. The maximum absolute atomic E-state index is 13.3. The molecule has 1 aromatic carbocycles. The van der Waals surface area contributed by atoms with Gasteiger partial charge in [-0.3, -0.25) is 4.79 Å².